The number of methoxy groups -OCH3 is 1. The Balaban J connectivity index is 3.00. The van der Waals surface area contributed by atoms with E-state index in [1.165, 1.54) is 4.90 Å². The lowest BCUT2D eigenvalue weighted by molar-refractivity contribution is -0.135. The molecule has 0 aliphatic rings. The second-order valence-electron chi connectivity index (χ2n) is 4.57. The van der Waals surface area contributed by atoms with E-state index in [1.54, 1.807) is 53.3 Å². The Bertz CT molecular complexity index is 443. The van der Waals surface area contributed by atoms with Gasteiger partial charge in [0.1, 0.15) is 11.5 Å². The van der Waals surface area contributed by atoms with Crippen molar-refractivity contribution in [1.29, 1.82) is 0 Å². The molecule has 1 aromatic rings. The molecule has 0 aliphatic carbocycles. The van der Waals surface area contributed by atoms with Crippen LogP contribution in [0.4, 0.5) is 0 Å². The molecular formula is C14H21NO4. The summed E-state index contributed by atoms with van der Waals surface area (Å²) in [6, 6.07) is 5.14. The van der Waals surface area contributed by atoms with Crippen LogP contribution in [0.1, 0.15) is 25.5 Å². The normalized spacial score (nSPS) is 13.6. The maximum Gasteiger partial charge on any atom is 0.262 e. The molecule has 1 aromatic carbocycles. The van der Waals surface area contributed by atoms with Crippen molar-refractivity contribution in [3.63, 3.8) is 0 Å². The van der Waals surface area contributed by atoms with Gasteiger partial charge in [-0.25, -0.2) is 0 Å². The zero-order valence-electron chi connectivity index (χ0n) is 12.0. The van der Waals surface area contributed by atoms with Gasteiger partial charge in [-0.1, -0.05) is 0 Å². The van der Waals surface area contributed by atoms with Crippen LogP contribution in [0.3, 0.4) is 0 Å². The number of nitrogens with zero attached hydrogens (tertiary/aromatic N) is 1. The van der Waals surface area contributed by atoms with E-state index >= 15 is 0 Å². The Labute approximate surface area is 113 Å². The largest absolute Gasteiger partial charge is 0.497 e. The molecule has 0 aromatic heterocycles. The van der Waals surface area contributed by atoms with Crippen LogP contribution in [0.5, 0.6) is 11.5 Å². The Kier molecular flexibility index (Phi) is 5.18. The van der Waals surface area contributed by atoms with E-state index in [-0.39, 0.29) is 5.91 Å². The number of carbonyl (C=O) groups is 1. The maximum absolute atomic E-state index is 11.8. The van der Waals surface area contributed by atoms with E-state index in [4.69, 9.17) is 9.47 Å². The van der Waals surface area contributed by atoms with Crippen molar-refractivity contribution in [2.75, 3.05) is 21.2 Å². The fraction of sp³-hybridized carbons (Fsp3) is 0.500. The first-order valence-corrected chi connectivity index (χ1v) is 6.10. The van der Waals surface area contributed by atoms with Gasteiger partial charge >= 0.3 is 0 Å². The van der Waals surface area contributed by atoms with Crippen molar-refractivity contribution in [3.8, 4) is 11.5 Å². The van der Waals surface area contributed by atoms with Crippen LogP contribution in [0.25, 0.3) is 0 Å². The molecule has 1 amide bonds. The van der Waals surface area contributed by atoms with Gasteiger partial charge in [0.25, 0.3) is 5.91 Å². The molecule has 5 nitrogen and oxygen atoms in total. The van der Waals surface area contributed by atoms with Gasteiger partial charge in [-0.15, -0.1) is 0 Å². The minimum Gasteiger partial charge on any atom is -0.497 e. The van der Waals surface area contributed by atoms with Gasteiger partial charge in [0.2, 0.25) is 0 Å². The van der Waals surface area contributed by atoms with Crippen LogP contribution in [0.15, 0.2) is 18.2 Å². The lowest BCUT2D eigenvalue weighted by Gasteiger charge is -2.21. The third kappa shape index (κ3) is 3.86. The highest BCUT2D eigenvalue weighted by molar-refractivity contribution is 5.80. The highest BCUT2D eigenvalue weighted by atomic mass is 16.5. The van der Waals surface area contributed by atoms with Crippen molar-refractivity contribution < 1.29 is 19.4 Å². The summed E-state index contributed by atoms with van der Waals surface area (Å²) in [6.07, 6.45) is -1.30. The number of amides is 1. The zero-order valence-corrected chi connectivity index (χ0v) is 12.0. The SMILES string of the molecule is COc1ccc(C(C)O)c(OC(C)C(=O)N(C)C)c1. The van der Waals surface area contributed by atoms with Gasteiger partial charge in [-0.05, 0) is 26.0 Å². The summed E-state index contributed by atoms with van der Waals surface area (Å²) >= 11 is 0. The maximum atomic E-state index is 11.8. The fourth-order valence-corrected chi connectivity index (χ4v) is 1.69. The molecule has 2 atom stereocenters. The summed E-state index contributed by atoms with van der Waals surface area (Å²) in [5, 5.41) is 9.71. The standard InChI is InChI=1S/C14H21NO4/c1-9(16)12-7-6-11(18-5)8-13(12)19-10(2)14(17)15(3)4/h6-10,16H,1-5H3. The molecule has 0 aliphatic heterocycles. The Morgan fingerprint density at radius 1 is 1.32 bits per heavy atom. The summed E-state index contributed by atoms with van der Waals surface area (Å²) < 4.78 is 10.8. The van der Waals surface area contributed by atoms with Crippen molar-refractivity contribution >= 4 is 5.91 Å². The molecule has 0 radical (unpaired) electrons. The molecule has 2 unspecified atom stereocenters. The van der Waals surface area contributed by atoms with Gasteiger partial charge in [0, 0.05) is 25.7 Å². The number of aliphatic hydroxyl groups is 1. The number of hydrogen-bond acceptors (Lipinski definition) is 4. The average Bonchev–Trinajstić information content (AvgIpc) is 2.36. The molecule has 5 heteroatoms. The smallest absolute Gasteiger partial charge is 0.262 e. The van der Waals surface area contributed by atoms with Gasteiger partial charge in [-0.3, -0.25) is 4.79 Å². The quantitative estimate of drug-likeness (QED) is 0.880. The molecule has 0 bridgehead atoms. The number of ether oxygens (including phenoxy) is 2. The molecule has 106 valence electrons. The first kappa shape index (κ1) is 15.3. The number of rotatable bonds is 5. The van der Waals surface area contributed by atoms with Crippen LogP contribution in [-0.4, -0.2) is 43.2 Å². The van der Waals surface area contributed by atoms with E-state index in [0.29, 0.717) is 17.1 Å². The first-order chi connectivity index (χ1) is 8.86. The average molecular weight is 267 g/mol. The second-order valence-corrected chi connectivity index (χ2v) is 4.57. The molecule has 1 rings (SSSR count). The molecule has 0 saturated carbocycles. The topological polar surface area (TPSA) is 59.0 Å². The third-order valence-corrected chi connectivity index (χ3v) is 2.76. The van der Waals surface area contributed by atoms with Crippen molar-refractivity contribution in [2.24, 2.45) is 0 Å². The second kappa shape index (κ2) is 6.43. The summed E-state index contributed by atoms with van der Waals surface area (Å²) in [6.45, 7) is 3.32. The van der Waals surface area contributed by atoms with Crippen LogP contribution < -0.4 is 9.47 Å². The monoisotopic (exact) mass is 267 g/mol. The third-order valence-electron chi connectivity index (χ3n) is 2.76. The van der Waals surface area contributed by atoms with Crippen LogP contribution in [0, 0.1) is 0 Å². The lowest BCUT2D eigenvalue weighted by Crippen LogP contribution is -2.35. The molecule has 1 N–H and O–H groups in total. The van der Waals surface area contributed by atoms with Crippen LogP contribution >= 0.6 is 0 Å². The Morgan fingerprint density at radius 2 is 1.95 bits per heavy atom. The number of benzene rings is 1. The van der Waals surface area contributed by atoms with Gasteiger partial charge < -0.3 is 19.5 Å². The van der Waals surface area contributed by atoms with E-state index in [1.807, 2.05) is 0 Å². The molecule has 0 fully saturated rings. The van der Waals surface area contributed by atoms with Gasteiger partial charge in [0.05, 0.1) is 13.2 Å². The minimum atomic E-state index is -0.678. The van der Waals surface area contributed by atoms with E-state index < -0.39 is 12.2 Å². The molecular weight excluding hydrogens is 246 g/mol. The molecule has 0 spiro atoms. The van der Waals surface area contributed by atoms with Crippen LogP contribution in [-0.2, 0) is 4.79 Å². The zero-order chi connectivity index (χ0) is 14.6. The highest BCUT2D eigenvalue weighted by Crippen LogP contribution is 2.30. The first-order valence-electron chi connectivity index (χ1n) is 6.10. The number of aliphatic hydroxyl groups excluding tert-OH is 1. The predicted octanol–water partition coefficient (Wildman–Crippen LogP) is 1.60. The Hall–Kier alpha value is -1.75. The fourth-order valence-electron chi connectivity index (χ4n) is 1.69. The van der Waals surface area contributed by atoms with Crippen molar-refractivity contribution in [2.45, 2.75) is 26.1 Å². The summed E-state index contributed by atoms with van der Waals surface area (Å²) in [7, 11) is 4.89. The molecule has 0 saturated heterocycles. The molecule has 19 heavy (non-hydrogen) atoms. The summed E-state index contributed by atoms with van der Waals surface area (Å²) in [4.78, 5) is 13.3. The summed E-state index contributed by atoms with van der Waals surface area (Å²) in [5.41, 5.74) is 0.624. The minimum absolute atomic E-state index is 0.139. The Morgan fingerprint density at radius 3 is 2.42 bits per heavy atom. The van der Waals surface area contributed by atoms with Crippen molar-refractivity contribution in [1.82, 2.24) is 4.90 Å². The number of carbonyl (C=O) groups excluding carboxylic acids is 1. The van der Waals surface area contributed by atoms with E-state index in [0.717, 1.165) is 0 Å². The van der Waals surface area contributed by atoms with Crippen LogP contribution in [0.2, 0.25) is 0 Å². The van der Waals surface area contributed by atoms with Crippen molar-refractivity contribution in [3.05, 3.63) is 23.8 Å². The van der Waals surface area contributed by atoms with E-state index in [9.17, 15) is 9.90 Å². The lowest BCUT2D eigenvalue weighted by atomic mass is 10.1. The van der Waals surface area contributed by atoms with Gasteiger partial charge in [-0.2, -0.15) is 0 Å². The number of hydrogen-bond donors (Lipinski definition) is 1. The predicted molar refractivity (Wildman–Crippen MR) is 72.4 cm³/mol. The van der Waals surface area contributed by atoms with Gasteiger partial charge in [0.15, 0.2) is 6.10 Å². The highest BCUT2D eigenvalue weighted by Gasteiger charge is 2.19. The number of likely N-dealkylation sites (N-methyl/N-ethyl adjacent to an activating group) is 1. The summed E-state index contributed by atoms with van der Waals surface area (Å²) in [5.74, 6) is 0.931. The van der Waals surface area contributed by atoms with E-state index in [2.05, 4.69) is 0 Å². The molecule has 0 heterocycles.